The maximum absolute atomic E-state index is 11.4. The average molecular weight is 210 g/mol. The Hall–Kier alpha value is -1.49. The largest absolute Gasteiger partial charge is 0.461 e. The van der Waals surface area contributed by atoms with Gasteiger partial charge in [0.1, 0.15) is 6.10 Å². The zero-order chi connectivity index (χ0) is 11.3. The summed E-state index contributed by atoms with van der Waals surface area (Å²) in [4.78, 5) is 19.4. The van der Waals surface area contributed by atoms with Gasteiger partial charge in [-0.15, -0.1) is 0 Å². The third-order valence-corrected chi connectivity index (χ3v) is 1.88. The predicted octanol–water partition coefficient (Wildman–Crippen LogP) is 1.36. The lowest BCUT2D eigenvalue weighted by molar-refractivity contribution is 0.0516. The van der Waals surface area contributed by atoms with E-state index in [4.69, 9.17) is 9.47 Å². The molecule has 5 heteroatoms. The predicted molar refractivity (Wildman–Crippen MR) is 53.4 cm³/mol. The minimum absolute atomic E-state index is 0.237. The van der Waals surface area contributed by atoms with Crippen molar-refractivity contribution in [2.24, 2.45) is 0 Å². The smallest absolute Gasteiger partial charge is 0.357 e. The summed E-state index contributed by atoms with van der Waals surface area (Å²) in [6, 6.07) is 1.52. The van der Waals surface area contributed by atoms with Crippen LogP contribution in [0.3, 0.4) is 0 Å². The number of esters is 1. The molecular weight excluding hydrogens is 196 g/mol. The fourth-order valence-electron chi connectivity index (χ4n) is 0.994. The quantitative estimate of drug-likeness (QED) is 0.702. The number of nitrogens with zero attached hydrogens (tertiary/aromatic N) is 2. The molecule has 1 aromatic rings. The van der Waals surface area contributed by atoms with Crippen molar-refractivity contribution < 1.29 is 14.3 Å². The molecule has 0 radical (unpaired) electrons. The highest BCUT2D eigenvalue weighted by Crippen LogP contribution is 2.10. The summed E-state index contributed by atoms with van der Waals surface area (Å²) < 4.78 is 9.88. The van der Waals surface area contributed by atoms with Crippen molar-refractivity contribution in [1.29, 1.82) is 0 Å². The van der Waals surface area contributed by atoms with Gasteiger partial charge in [0.05, 0.1) is 6.61 Å². The number of methoxy groups -OCH3 is 1. The van der Waals surface area contributed by atoms with E-state index in [1.807, 2.05) is 6.92 Å². The second-order valence-electron chi connectivity index (χ2n) is 2.90. The van der Waals surface area contributed by atoms with Crippen LogP contribution in [0.15, 0.2) is 12.3 Å². The summed E-state index contributed by atoms with van der Waals surface area (Å²) in [5.74, 6) is 0.0347. The van der Waals surface area contributed by atoms with Gasteiger partial charge in [-0.25, -0.2) is 14.8 Å². The van der Waals surface area contributed by atoms with Crippen LogP contribution >= 0.6 is 0 Å². The van der Waals surface area contributed by atoms with Gasteiger partial charge in [-0.3, -0.25) is 0 Å². The summed E-state index contributed by atoms with van der Waals surface area (Å²) >= 11 is 0. The Labute approximate surface area is 88.4 Å². The number of hydrogen-bond donors (Lipinski definition) is 0. The lowest BCUT2D eigenvalue weighted by Gasteiger charge is -2.08. The summed E-state index contributed by atoms with van der Waals surface area (Å²) in [5, 5.41) is 0. The van der Waals surface area contributed by atoms with Crippen LogP contribution in [0, 0.1) is 0 Å². The Bertz CT molecular complexity index is 341. The highest BCUT2D eigenvalue weighted by molar-refractivity contribution is 5.87. The molecule has 1 atom stereocenters. The van der Waals surface area contributed by atoms with Crippen LogP contribution in [-0.2, 0) is 9.47 Å². The van der Waals surface area contributed by atoms with Crippen LogP contribution in [0.5, 0.6) is 0 Å². The van der Waals surface area contributed by atoms with Crippen LogP contribution in [0.1, 0.15) is 36.3 Å². The van der Waals surface area contributed by atoms with Gasteiger partial charge >= 0.3 is 5.97 Å². The van der Waals surface area contributed by atoms with Crippen molar-refractivity contribution in [3.63, 3.8) is 0 Å². The highest BCUT2D eigenvalue weighted by Gasteiger charge is 2.12. The molecule has 1 heterocycles. The van der Waals surface area contributed by atoms with Crippen LogP contribution in [0.2, 0.25) is 0 Å². The van der Waals surface area contributed by atoms with Crippen LogP contribution in [-0.4, -0.2) is 29.7 Å². The number of carbonyl (C=O) groups is 1. The van der Waals surface area contributed by atoms with Crippen LogP contribution in [0.4, 0.5) is 0 Å². The van der Waals surface area contributed by atoms with Crippen molar-refractivity contribution in [2.75, 3.05) is 13.7 Å². The molecule has 0 aliphatic heterocycles. The molecule has 0 saturated heterocycles. The lowest BCUT2D eigenvalue weighted by Crippen LogP contribution is -2.11. The lowest BCUT2D eigenvalue weighted by atomic mass is 10.3. The van der Waals surface area contributed by atoms with E-state index in [1.54, 1.807) is 14.0 Å². The van der Waals surface area contributed by atoms with Gasteiger partial charge in [0.2, 0.25) is 0 Å². The molecular formula is C10H14N2O3. The van der Waals surface area contributed by atoms with Gasteiger partial charge in [-0.1, -0.05) is 0 Å². The summed E-state index contributed by atoms with van der Waals surface area (Å²) in [6.45, 7) is 3.89. The van der Waals surface area contributed by atoms with Crippen molar-refractivity contribution in [1.82, 2.24) is 9.97 Å². The summed E-state index contributed by atoms with van der Waals surface area (Å²) in [6.07, 6.45) is 1.28. The van der Waals surface area contributed by atoms with Crippen LogP contribution in [0.25, 0.3) is 0 Å². The van der Waals surface area contributed by atoms with E-state index in [9.17, 15) is 4.79 Å². The summed E-state index contributed by atoms with van der Waals surface area (Å²) in [7, 11) is 1.56. The summed E-state index contributed by atoms with van der Waals surface area (Å²) in [5.41, 5.74) is 0.255. The van der Waals surface area contributed by atoms with E-state index in [-0.39, 0.29) is 11.8 Å². The van der Waals surface area contributed by atoms with Crippen LogP contribution < -0.4 is 0 Å². The Balaban J connectivity index is 2.87. The van der Waals surface area contributed by atoms with Gasteiger partial charge in [-0.05, 0) is 19.9 Å². The Morgan fingerprint density at radius 2 is 2.33 bits per heavy atom. The maximum Gasteiger partial charge on any atom is 0.357 e. The second-order valence-corrected chi connectivity index (χ2v) is 2.90. The number of ether oxygens (including phenoxy) is 2. The molecule has 5 nitrogen and oxygen atoms in total. The molecule has 0 aliphatic rings. The van der Waals surface area contributed by atoms with Gasteiger partial charge < -0.3 is 9.47 Å². The van der Waals surface area contributed by atoms with Crippen molar-refractivity contribution in [3.8, 4) is 0 Å². The fraction of sp³-hybridized carbons (Fsp3) is 0.500. The van der Waals surface area contributed by atoms with Gasteiger partial charge in [0.15, 0.2) is 11.5 Å². The number of rotatable bonds is 4. The van der Waals surface area contributed by atoms with Gasteiger partial charge in [-0.2, -0.15) is 0 Å². The molecule has 0 aromatic carbocycles. The van der Waals surface area contributed by atoms with Crippen molar-refractivity contribution in [3.05, 3.63) is 23.8 Å². The van der Waals surface area contributed by atoms with E-state index in [2.05, 4.69) is 9.97 Å². The third kappa shape index (κ3) is 2.99. The van der Waals surface area contributed by atoms with E-state index in [1.165, 1.54) is 12.3 Å². The topological polar surface area (TPSA) is 61.3 Å². The molecule has 82 valence electrons. The number of aromatic nitrogens is 2. The number of carbonyl (C=O) groups excluding carboxylic acids is 1. The first kappa shape index (κ1) is 11.6. The first-order valence-electron chi connectivity index (χ1n) is 4.72. The molecule has 0 fully saturated rings. The molecule has 0 amide bonds. The third-order valence-electron chi connectivity index (χ3n) is 1.88. The molecule has 0 aliphatic carbocycles. The fourth-order valence-corrected chi connectivity index (χ4v) is 0.994. The molecule has 0 bridgehead atoms. The van der Waals surface area contributed by atoms with Crippen molar-refractivity contribution in [2.45, 2.75) is 20.0 Å². The maximum atomic E-state index is 11.4. The monoisotopic (exact) mass is 210 g/mol. The molecule has 1 rings (SSSR count). The SMILES string of the molecule is CCOC(=O)c1ccnc(C(C)OC)n1. The zero-order valence-electron chi connectivity index (χ0n) is 9.06. The van der Waals surface area contributed by atoms with E-state index in [0.29, 0.717) is 12.4 Å². The molecule has 0 N–H and O–H groups in total. The van der Waals surface area contributed by atoms with Crippen molar-refractivity contribution >= 4 is 5.97 Å². The molecule has 0 spiro atoms. The highest BCUT2D eigenvalue weighted by atomic mass is 16.5. The number of hydrogen-bond acceptors (Lipinski definition) is 5. The molecule has 1 aromatic heterocycles. The molecule has 1 unspecified atom stereocenters. The van der Waals surface area contributed by atoms with Gasteiger partial charge in [0, 0.05) is 13.3 Å². The van der Waals surface area contributed by atoms with E-state index < -0.39 is 5.97 Å². The average Bonchev–Trinajstić information content (AvgIpc) is 2.28. The van der Waals surface area contributed by atoms with E-state index in [0.717, 1.165) is 0 Å². The minimum atomic E-state index is -0.440. The minimum Gasteiger partial charge on any atom is -0.461 e. The first-order chi connectivity index (χ1) is 7.19. The normalized spacial score (nSPS) is 12.2. The zero-order valence-corrected chi connectivity index (χ0v) is 9.06. The standard InChI is InChI=1S/C10H14N2O3/c1-4-15-10(13)8-5-6-11-9(12-8)7(2)14-3/h5-7H,4H2,1-3H3. The second kappa shape index (κ2) is 5.41. The Morgan fingerprint density at radius 3 is 2.93 bits per heavy atom. The Morgan fingerprint density at radius 1 is 1.60 bits per heavy atom. The first-order valence-corrected chi connectivity index (χ1v) is 4.72. The molecule has 15 heavy (non-hydrogen) atoms. The molecule has 0 saturated carbocycles. The Kier molecular flexibility index (Phi) is 4.17. The van der Waals surface area contributed by atoms with E-state index >= 15 is 0 Å². The van der Waals surface area contributed by atoms with Gasteiger partial charge in [0.25, 0.3) is 0 Å².